The van der Waals surface area contributed by atoms with E-state index >= 15 is 0 Å². The van der Waals surface area contributed by atoms with Crippen LogP contribution in [0.3, 0.4) is 0 Å². The molecule has 0 saturated heterocycles. The highest BCUT2D eigenvalue weighted by Crippen LogP contribution is 2.19. The SMILES string of the molecule is CCCO.COC(=O)C1=CCC(NS(C)(=O)=O)CC1. The molecule has 1 atom stereocenters. The maximum absolute atomic E-state index is 11.1. The first kappa shape index (κ1) is 18.1. The summed E-state index contributed by atoms with van der Waals surface area (Å²) in [6, 6.07) is -0.103. The fourth-order valence-corrected chi connectivity index (χ4v) is 2.38. The summed E-state index contributed by atoms with van der Waals surface area (Å²) in [6.07, 6.45) is 5.47. The van der Waals surface area contributed by atoms with E-state index in [0.29, 0.717) is 31.4 Å². The van der Waals surface area contributed by atoms with Crippen molar-refractivity contribution in [2.75, 3.05) is 20.0 Å². The lowest BCUT2D eigenvalue weighted by Crippen LogP contribution is -2.35. The molecule has 1 aliphatic rings. The Morgan fingerprint density at radius 3 is 2.47 bits per heavy atom. The van der Waals surface area contributed by atoms with E-state index in [9.17, 15) is 13.2 Å². The number of carbonyl (C=O) groups excluding carboxylic acids is 1. The number of aliphatic hydroxyl groups is 1. The van der Waals surface area contributed by atoms with Gasteiger partial charge in [0.05, 0.1) is 13.4 Å². The number of carbonyl (C=O) groups is 1. The standard InChI is InChI=1S/C9H15NO4S.C3H8O/c1-14-9(11)7-3-5-8(6-4-7)10-15(2,12)13;1-2-3-4/h3,8,10H,4-6H2,1-2H3;4H,2-3H2,1H3. The zero-order valence-corrected chi connectivity index (χ0v) is 12.5. The third-order valence-electron chi connectivity index (χ3n) is 2.46. The highest BCUT2D eigenvalue weighted by Gasteiger charge is 2.20. The van der Waals surface area contributed by atoms with E-state index in [4.69, 9.17) is 5.11 Å². The van der Waals surface area contributed by atoms with Gasteiger partial charge in [-0.3, -0.25) is 0 Å². The molecule has 0 radical (unpaired) electrons. The topological polar surface area (TPSA) is 92.7 Å². The number of hydrogen-bond acceptors (Lipinski definition) is 5. The van der Waals surface area contributed by atoms with Crippen molar-refractivity contribution in [2.24, 2.45) is 0 Å². The van der Waals surface area contributed by atoms with Crippen LogP contribution in [0.15, 0.2) is 11.6 Å². The predicted octanol–water partition coefficient (Wildman–Crippen LogP) is 0.576. The second-order valence-electron chi connectivity index (χ2n) is 4.31. The quantitative estimate of drug-likeness (QED) is 0.740. The summed E-state index contributed by atoms with van der Waals surface area (Å²) in [6.45, 7) is 2.25. The molecular weight excluding hydrogens is 270 g/mol. The Morgan fingerprint density at radius 2 is 2.16 bits per heavy atom. The van der Waals surface area contributed by atoms with E-state index in [-0.39, 0.29) is 12.0 Å². The number of hydrogen-bond donors (Lipinski definition) is 2. The molecule has 112 valence electrons. The number of aliphatic hydroxyl groups excluding tert-OH is 1. The highest BCUT2D eigenvalue weighted by atomic mass is 32.2. The second-order valence-corrected chi connectivity index (χ2v) is 6.09. The maximum atomic E-state index is 11.1. The summed E-state index contributed by atoms with van der Waals surface area (Å²) in [4.78, 5) is 11.1. The molecule has 0 saturated carbocycles. The zero-order valence-electron chi connectivity index (χ0n) is 11.7. The molecule has 1 rings (SSSR count). The van der Waals surface area contributed by atoms with Gasteiger partial charge in [-0.2, -0.15) is 0 Å². The third-order valence-corrected chi connectivity index (χ3v) is 3.22. The zero-order chi connectivity index (χ0) is 14.9. The average molecular weight is 293 g/mol. The third kappa shape index (κ3) is 8.74. The Labute approximate surface area is 114 Å². The highest BCUT2D eigenvalue weighted by molar-refractivity contribution is 7.88. The molecule has 7 heteroatoms. The number of nitrogens with one attached hydrogen (secondary N) is 1. The molecule has 0 aliphatic heterocycles. The van der Waals surface area contributed by atoms with Gasteiger partial charge in [-0.1, -0.05) is 13.0 Å². The van der Waals surface area contributed by atoms with Crippen molar-refractivity contribution in [3.8, 4) is 0 Å². The Morgan fingerprint density at radius 1 is 1.58 bits per heavy atom. The van der Waals surface area contributed by atoms with Gasteiger partial charge in [-0.15, -0.1) is 0 Å². The van der Waals surface area contributed by atoms with Crippen LogP contribution in [0.2, 0.25) is 0 Å². The largest absolute Gasteiger partial charge is 0.466 e. The van der Waals surface area contributed by atoms with Gasteiger partial charge in [0.1, 0.15) is 0 Å². The molecule has 1 unspecified atom stereocenters. The van der Waals surface area contributed by atoms with Gasteiger partial charge in [-0.05, 0) is 25.7 Å². The summed E-state index contributed by atoms with van der Waals surface area (Å²) in [5.74, 6) is -0.326. The van der Waals surface area contributed by atoms with Crippen LogP contribution in [0.1, 0.15) is 32.6 Å². The van der Waals surface area contributed by atoms with Crippen molar-refractivity contribution in [1.29, 1.82) is 0 Å². The van der Waals surface area contributed by atoms with Crippen LogP contribution in [0.25, 0.3) is 0 Å². The lowest BCUT2D eigenvalue weighted by Gasteiger charge is -2.20. The minimum Gasteiger partial charge on any atom is -0.466 e. The van der Waals surface area contributed by atoms with Gasteiger partial charge in [0.2, 0.25) is 10.0 Å². The van der Waals surface area contributed by atoms with E-state index in [0.717, 1.165) is 12.7 Å². The first-order valence-corrected chi connectivity index (χ1v) is 8.08. The predicted molar refractivity (Wildman–Crippen MR) is 73.1 cm³/mol. The lowest BCUT2D eigenvalue weighted by atomic mass is 9.96. The van der Waals surface area contributed by atoms with Crippen LogP contribution in [0, 0.1) is 0 Å². The van der Waals surface area contributed by atoms with Crippen molar-refractivity contribution < 1.29 is 23.1 Å². The van der Waals surface area contributed by atoms with E-state index in [1.165, 1.54) is 7.11 Å². The summed E-state index contributed by atoms with van der Waals surface area (Å²) < 4.78 is 29.0. The summed E-state index contributed by atoms with van der Waals surface area (Å²) in [7, 11) is -1.83. The van der Waals surface area contributed by atoms with Gasteiger partial charge in [0.15, 0.2) is 0 Å². The van der Waals surface area contributed by atoms with Crippen molar-refractivity contribution in [2.45, 2.75) is 38.6 Å². The summed E-state index contributed by atoms with van der Waals surface area (Å²) in [5.41, 5.74) is 0.629. The van der Waals surface area contributed by atoms with Gasteiger partial charge < -0.3 is 9.84 Å². The first-order valence-electron chi connectivity index (χ1n) is 6.19. The van der Waals surface area contributed by atoms with E-state index < -0.39 is 10.0 Å². The molecule has 0 fully saturated rings. The second kappa shape index (κ2) is 9.06. The van der Waals surface area contributed by atoms with Crippen molar-refractivity contribution in [3.63, 3.8) is 0 Å². The first-order chi connectivity index (χ1) is 8.84. The summed E-state index contributed by atoms with van der Waals surface area (Å²) >= 11 is 0. The smallest absolute Gasteiger partial charge is 0.333 e. The molecule has 0 amide bonds. The molecule has 0 aromatic carbocycles. The van der Waals surface area contributed by atoms with Gasteiger partial charge in [0, 0.05) is 18.2 Å². The molecule has 19 heavy (non-hydrogen) atoms. The normalized spacial score (nSPS) is 18.9. The lowest BCUT2D eigenvalue weighted by molar-refractivity contribution is -0.136. The molecule has 1 aliphatic carbocycles. The van der Waals surface area contributed by atoms with Crippen LogP contribution in [0.4, 0.5) is 0 Å². The molecule has 0 aromatic rings. The maximum Gasteiger partial charge on any atom is 0.333 e. The Kier molecular flexibility index (Phi) is 8.62. The fourth-order valence-electron chi connectivity index (χ4n) is 1.56. The van der Waals surface area contributed by atoms with Gasteiger partial charge in [0.25, 0.3) is 0 Å². The Hall–Kier alpha value is -0.920. The Balaban J connectivity index is 0.000000711. The molecule has 0 heterocycles. The average Bonchev–Trinajstić information content (AvgIpc) is 2.37. The molecule has 0 bridgehead atoms. The van der Waals surface area contributed by atoms with Crippen LogP contribution < -0.4 is 4.72 Å². The molecule has 0 spiro atoms. The number of sulfonamides is 1. The monoisotopic (exact) mass is 293 g/mol. The van der Waals surface area contributed by atoms with Crippen molar-refractivity contribution in [1.82, 2.24) is 4.72 Å². The fraction of sp³-hybridized carbons (Fsp3) is 0.750. The van der Waals surface area contributed by atoms with E-state index in [1.807, 2.05) is 6.92 Å². The number of methoxy groups -OCH3 is 1. The number of esters is 1. The minimum absolute atomic E-state index is 0.103. The van der Waals surface area contributed by atoms with E-state index in [1.54, 1.807) is 6.08 Å². The van der Waals surface area contributed by atoms with Crippen molar-refractivity contribution in [3.05, 3.63) is 11.6 Å². The molecule has 2 N–H and O–H groups in total. The minimum atomic E-state index is -3.16. The number of rotatable bonds is 4. The molecule has 0 aromatic heterocycles. The molecule has 6 nitrogen and oxygen atoms in total. The summed E-state index contributed by atoms with van der Waals surface area (Å²) in [5, 5.41) is 7.88. The van der Waals surface area contributed by atoms with Crippen molar-refractivity contribution >= 4 is 16.0 Å². The van der Waals surface area contributed by atoms with Gasteiger partial charge >= 0.3 is 5.97 Å². The molecular formula is C12H23NO5S. The van der Waals surface area contributed by atoms with Gasteiger partial charge in [-0.25, -0.2) is 17.9 Å². The van der Waals surface area contributed by atoms with E-state index in [2.05, 4.69) is 9.46 Å². The number of ether oxygens (including phenoxy) is 1. The van der Waals surface area contributed by atoms with Crippen LogP contribution in [-0.4, -0.2) is 45.5 Å². The van der Waals surface area contributed by atoms with Crippen LogP contribution >= 0.6 is 0 Å². The van der Waals surface area contributed by atoms with Crippen LogP contribution in [0.5, 0.6) is 0 Å². The Bertz CT molecular complexity index is 400. The van der Waals surface area contributed by atoms with Crippen LogP contribution in [-0.2, 0) is 19.6 Å².